The summed E-state index contributed by atoms with van der Waals surface area (Å²) in [6.07, 6.45) is 0.369. The summed E-state index contributed by atoms with van der Waals surface area (Å²) in [4.78, 5) is 45.9. The fourth-order valence-corrected chi connectivity index (χ4v) is 6.06. The molecule has 0 aromatic heterocycles. The molecule has 0 radical (unpaired) electrons. The fraction of sp³-hybridized carbons (Fsp3) is 0.654. The zero-order valence-corrected chi connectivity index (χ0v) is 20.6. The molecule has 5 atom stereocenters. The van der Waals surface area contributed by atoms with Crippen LogP contribution in [0.2, 0.25) is 0 Å². The predicted octanol–water partition coefficient (Wildman–Crippen LogP) is 1.40. The number of carbonyl (C=O) groups is 3. The molecule has 5 rings (SSSR count). The summed E-state index contributed by atoms with van der Waals surface area (Å²) in [5.74, 6) is -0.00137. The zero-order chi connectivity index (χ0) is 24.2. The number of Topliss-reactive ketones (excluding diaryl/α,β-unsaturated/α-hetero) is 1. The summed E-state index contributed by atoms with van der Waals surface area (Å²) in [5, 5.41) is 3.10. The van der Waals surface area contributed by atoms with Crippen LogP contribution in [0.5, 0.6) is 0 Å². The Morgan fingerprint density at radius 3 is 2.41 bits per heavy atom. The van der Waals surface area contributed by atoms with Gasteiger partial charge in [0.2, 0.25) is 5.91 Å². The van der Waals surface area contributed by atoms with E-state index in [2.05, 4.69) is 36.0 Å². The van der Waals surface area contributed by atoms with Gasteiger partial charge in [0, 0.05) is 49.9 Å². The Balaban J connectivity index is 1.32. The Labute approximate surface area is 201 Å². The van der Waals surface area contributed by atoms with Crippen molar-refractivity contribution in [2.24, 2.45) is 17.8 Å². The molecule has 0 spiro atoms. The van der Waals surface area contributed by atoms with E-state index in [4.69, 9.17) is 4.74 Å². The third-order valence-electron chi connectivity index (χ3n) is 8.24. The topological polar surface area (TPSA) is 82.2 Å². The van der Waals surface area contributed by atoms with Crippen LogP contribution < -0.4 is 10.2 Å². The number of fused-ring (bicyclic) bond motifs is 1. The number of ketones is 1. The summed E-state index contributed by atoms with van der Waals surface area (Å²) in [7, 11) is 2.13. The normalized spacial score (nSPS) is 33.4. The maximum Gasteiger partial charge on any atom is 0.252 e. The first-order valence-electron chi connectivity index (χ1n) is 12.5. The van der Waals surface area contributed by atoms with Crippen LogP contribution in [0.25, 0.3) is 0 Å². The third kappa shape index (κ3) is 3.90. The highest BCUT2D eigenvalue weighted by atomic mass is 16.5. The van der Waals surface area contributed by atoms with E-state index in [1.807, 2.05) is 31.2 Å². The van der Waals surface area contributed by atoms with Gasteiger partial charge in [-0.05, 0) is 49.6 Å². The Kier molecular flexibility index (Phi) is 5.92. The second kappa shape index (κ2) is 8.64. The highest BCUT2D eigenvalue weighted by molar-refractivity contribution is 6.03. The third-order valence-corrected chi connectivity index (χ3v) is 8.24. The van der Waals surface area contributed by atoms with Gasteiger partial charge in [-0.3, -0.25) is 14.4 Å². The predicted molar refractivity (Wildman–Crippen MR) is 129 cm³/mol. The van der Waals surface area contributed by atoms with Gasteiger partial charge in [0.25, 0.3) is 5.91 Å². The van der Waals surface area contributed by atoms with Gasteiger partial charge in [-0.2, -0.15) is 0 Å². The molecule has 8 heteroatoms. The molecule has 4 fully saturated rings. The smallest absolute Gasteiger partial charge is 0.252 e. The number of hydrogen-bond donors (Lipinski definition) is 1. The molecule has 3 saturated heterocycles. The van der Waals surface area contributed by atoms with E-state index in [9.17, 15) is 14.4 Å². The Morgan fingerprint density at radius 1 is 1.12 bits per heavy atom. The van der Waals surface area contributed by atoms with Crippen LogP contribution in [0.1, 0.15) is 37.6 Å². The molecular formula is C26H36N4O4. The Hall–Kier alpha value is -2.45. The molecule has 184 valence electrons. The van der Waals surface area contributed by atoms with Gasteiger partial charge in [0.05, 0.1) is 6.10 Å². The number of ether oxygens (including phenoxy) is 1. The van der Waals surface area contributed by atoms with E-state index < -0.39 is 11.6 Å². The lowest BCUT2D eigenvalue weighted by Gasteiger charge is -2.34. The molecule has 0 bridgehead atoms. The van der Waals surface area contributed by atoms with Crippen LogP contribution in [0.3, 0.4) is 0 Å². The standard InChI is InChI=1S/C26H36N4O4/c1-16(2)20-13-26(20,25(33)30-14-17(3)23-22(30)21(31)15-34-23)27-24(32)18-5-7-19(8-6-18)29-11-9-28(4)10-12-29/h5-8,16-17,20,22-23H,9-15H2,1-4H3,(H,27,32)/t17-,20?,22-,23-,26?/m1/s1. The van der Waals surface area contributed by atoms with Crippen molar-refractivity contribution in [3.05, 3.63) is 29.8 Å². The largest absolute Gasteiger partial charge is 0.369 e. The number of rotatable bonds is 5. The van der Waals surface area contributed by atoms with E-state index in [1.165, 1.54) is 0 Å². The lowest BCUT2D eigenvalue weighted by atomic mass is 10.0. The number of anilines is 1. The van der Waals surface area contributed by atoms with Gasteiger partial charge in [-0.1, -0.05) is 20.8 Å². The second-order valence-corrected chi connectivity index (χ2v) is 10.9. The van der Waals surface area contributed by atoms with E-state index in [1.54, 1.807) is 4.90 Å². The second-order valence-electron chi connectivity index (χ2n) is 10.9. The van der Waals surface area contributed by atoms with Crippen LogP contribution in [0.15, 0.2) is 24.3 Å². The van der Waals surface area contributed by atoms with Crippen LogP contribution in [0, 0.1) is 17.8 Å². The minimum absolute atomic E-state index is 0.0366. The number of benzene rings is 1. The molecule has 3 aliphatic heterocycles. The van der Waals surface area contributed by atoms with E-state index in [0.717, 1.165) is 31.9 Å². The summed E-state index contributed by atoms with van der Waals surface area (Å²) < 4.78 is 5.67. The van der Waals surface area contributed by atoms with E-state index in [0.29, 0.717) is 18.5 Å². The summed E-state index contributed by atoms with van der Waals surface area (Å²) in [6.45, 7) is 10.7. The maximum atomic E-state index is 13.8. The van der Waals surface area contributed by atoms with Crippen molar-refractivity contribution in [3.8, 4) is 0 Å². The molecule has 1 N–H and O–H groups in total. The quantitative estimate of drug-likeness (QED) is 0.704. The molecule has 8 nitrogen and oxygen atoms in total. The maximum absolute atomic E-state index is 13.8. The van der Waals surface area contributed by atoms with Crippen LogP contribution in [-0.4, -0.2) is 91.5 Å². The number of nitrogens with one attached hydrogen (secondary N) is 1. The van der Waals surface area contributed by atoms with Crippen molar-refractivity contribution in [2.45, 2.75) is 44.9 Å². The molecule has 1 saturated carbocycles. The molecular weight excluding hydrogens is 432 g/mol. The van der Waals surface area contributed by atoms with E-state index >= 15 is 0 Å². The molecule has 2 unspecified atom stereocenters. The summed E-state index contributed by atoms with van der Waals surface area (Å²) in [5.41, 5.74) is 0.713. The van der Waals surface area contributed by atoms with Gasteiger partial charge in [0.1, 0.15) is 18.2 Å². The molecule has 1 aromatic carbocycles. The molecule has 2 amide bonds. The van der Waals surface area contributed by atoms with Crippen molar-refractivity contribution in [1.82, 2.24) is 15.1 Å². The highest BCUT2D eigenvalue weighted by Crippen LogP contribution is 2.51. The summed E-state index contributed by atoms with van der Waals surface area (Å²) >= 11 is 0. The number of amides is 2. The highest BCUT2D eigenvalue weighted by Gasteiger charge is 2.65. The number of likely N-dealkylation sites (N-methyl/N-ethyl adjacent to an activating group) is 1. The van der Waals surface area contributed by atoms with Crippen LogP contribution in [-0.2, 0) is 14.3 Å². The van der Waals surface area contributed by atoms with Crippen molar-refractivity contribution in [2.75, 3.05) is 51.3 Å². The first-order chi connectivity index (χ1) is 16.2. The number of likely N-dealkylation sites (tertiary alicyclic amines) is 1. The van der Waals surface area contributed by atoms with E-state index in [-0.39, 0.29) is 48.1 Å². The number of carbonyl (C=O) groups excluding carboxylic acids is 3. The monoisotopic (exact) mass is 468 g/mol. The number of nitrogens with zero attached hydrogens (tertiary/aromatic N) is 3. The number of piperazine rings is 1. The molecule has 4 aliphatic rings. The van der Waals surface area contributed by atoms with Crippen LogP contribution in [0.4, 0.5) is 5.69 Å². The van der Waals surface area contributed by atoms with Crippen molar-refractivity contribution < 1.29 is 19.1 Å². The minimum atomic E-state index is -0.946. The van der Waals surface area contributed by atoms with Crippen molar-refractivity contribution in [3.63, 3.8) is 0 Å². The summed E-state index contributed by atoms with van der Waals surface area (Å²) in [6, 6.07) is 7.14. The van der Waals surface area contributed by atoms with Gasteiger partial charge >= 0.3 is 0 Å². The Bertz CT molecular complexity index is 972. The Morgan fingerprint density at radius 2 is 1.79 bits per heavy atom. The SMILES string of the molecule is CC(C)C1CC1(NC(=O)c1ccc(N2CCN(C)CC2)cc1)C(=O)N1C[C@@H](C)[C@H]2OCC(=O)[C@H]21. The zero-order valence-electron chi connectivity index (χ0n) is 20.6. The van der Waals surface area contributed by atoms with Gasteiger partial charge in [-0.25, -0.2) is 0 Å². The molecule has 1 aliphatic carbocycles. The van der Waals surface area contributed by atoms with Gasteiger partial charge in [-0.15, -0.1) is 0 Å². The number of hydrogen-bond acceptors (Lipinski definition) is 6. The minimum Gasteiger partial charge on any atom is -0.369 e. The molecule has 3 heterocycles. The molecule has 1 aromatic rings. The average molecular weight is 469 g/mol. The fourth-order valence-electron chi connectivity index (χ4n) is 6.06. The molecule has 34 heavy (non-hydrogen) atoms. The van der Waals surface area contributed by atoms with Crippen LogP contribution >= 0.6 is 0 Å². The van der Waals surface area contributed by atoms with Crippen molar-refractivity contribution >= 4 is 23.3 Å². The van der Waals surface area contributed by atoms with Gasteiger partial charge < -0.3 is 24.8 Å². The average Bonchev–Trinajstić information content (AvgIpc) is 3.29. The lowest BCUT2D eigenvalue weighted by Crippen LogP contribution is -2.55. The van der Waals surface area contributed by atoms with Crippen molar-refractivity contribution in [1.29, 1.82) is 0 Å². The van der Waals surface area contributed by atoms with Gasteiger partial charge in [0.15, 0.2) is 5.78 Å². The first-order valence-corrected chi connectivity index (χ1v) is 12.5. The first kappa shape index (κ1) is 23.3. The lowest BCUT2D eigenvalue weighted by molar-refractivity contribution is -0.139.